The number of hydrogen-bond acceptors (Lipinski definition) is 6. The van der Waals surface area contributed by atoms with Crippen LogP contribution in [0.1, 0.15) is 22.2 Å². The molecule has 0 saturated heterocycles. The lowest BCUT2D eigenvalue weighted by atomic mass is 10.1. The molecule has 168 valence electrons. The zero-order valence-electron chi connectivity index (χ0n) is 17.8. The predicted octanol–water partition coefficient (Wildman–Crippen LogP) is 6.03. The lowest BCUT2D eigenvalue weighted by Crippen LogP contribution is -2.11. The van der Waals surface area contributed by atoms with Crippen LogP contribution in [-0.2, 0) is 6.61 Å². The molecule has 9 heteroatoms. The van der Waals surface area contributed by atoms with Gasteiger partial charge in [0.15, 0.2) is 5.16 Å². The first-order chi connectivity index (χ1) is 16.0. The minimum absolute atomic E-state index is 0.232. The third-order valence-electron chi connectivity index (χ3n) is 4.94. The topological polar surface area (TPSA) is 83.1 Å². The van der Waals surface area contributed by atoms with Crippen LogP contribution in [0.2, 0.25) is 0 Å². The molecule has 0 bridgehead atoms. The van der Waals surface area contributed by atoms with Gasteiger partial charge in [-0.2, -0.15) is 0 Å². The van der Waals surface area contributed by atoms with Crippen LogP contribution in [0.15, 0.2) is 88.5 Å². The standard InChI is InChI=1S/C24H21BrN4O3S/c1-17-26-27-24(29(17)21-5-3-2-4-6-21)33-23(15-28(30)31)19-9-13-22(14-10-19)32-16-18-7-11-20(25)12-8-18/h2-14,23H,15-16H2,1H3/t23-/m1/s1. The van der Waals surface area contributed by atoms with E-state index in [9.17, 15) is 10.1 Å². The Bertz CT molecular complexity index is 1210. The minimum Gasteiger partial charge on any atom is -0.489 e. The Morgan fingerprint density at radius 2 is 1.73 bits per heavy atom. The van der Waals surface area contributed by atoms with Gasteiger partial charge in [0, 0.05) is 15.1 Å². The van der Waals surface area contributed by atoms with Crippen LogP contribution >= 0.6 is 27.7 Å². The molecule has 4 rings (SSSR count). The van der Waals surface area contributed by atoms with Crippen LogP contribution in [0, 0.1) is 17.0 Å². The summed E-state index contributed by atoms with van der Waals surface area (Å²) in [6.07, 6.45) is 0. The van der Waals surface area contributed by atoms with Gasteiger partial charge in [-0.1, -0.05) is 70.2 Å². The fourth-order valence-electron chi connectivity index (χ4n) is 3.29. The van der Waals surface area contributed by atoms with E-state index >= 15 is 0 Å². The summed E-state index contributed by atoms with van der Waals surface area (Å²) in [7, 11) is 0. The molecule has 1 heterocycles. The van der Waals surface area contributed by atoms with Gasteiger partial charge in [0.25, 0.3) is 0 Å². The average molecular weight is 525 g/mol. The molecule has 1 atom stereocenters. The van der Waals surface area contributed by atoms with Crippen molar-refractivity contribution in [1.82, 2.24) is 14.8 Å². The van der Waals surface area contributed by atoms with Crippen molar-refractivity contribution in [2.45, 2.75) is 23.9 Å². The Morgan fingerprint density at radius 1 is 1.03 bits per heavy atom. The van der Waals surface area contributed by atoms with Crippen LogP contribution in [0.25, 0.3) is 5.69 Å². The van der Waals surface area contributed by atoms with Crippen LogP contribution in [-0.4, -0.2) is 26.2 Å². The van der Waals surface area contributed by atoms with Crippen molar-refractivity contribution >= 4 is 27.7 Å². The predicted molar refractivity (Wildman–Crippen MR) is 131 cm³/mol. The van der Waals surface area contributed by atoms with Crippen molar-refractivity contribution in [3.8, 4) is 11.4 Å². The molecule has 0 fully saturated rings. The quantitative estimate of drug-likeness (QED) is 0.151. The number of hydrogen-bond donors (Lipinski definition) is 0. The smallest absolute Gasteiger partial charge is 0.220 e. The highest BCUT2D eigenvalue weighted by molar-refractivity contribution is 9.10. The number of aromatic nitrogens is 3. The zero-order valence-corrected chi connectivity index (χ0v) is 20.2. The molecule has 0 N–H and O–H groups in total. The molecule has 3 aromatic carbocycles. The maximum absolute atomic E-state index is 11.4. The second kappa shape index (κ2) is 10.6. The normalized spacial score (nSPS) is 11.8. The monoisotopic (exact) mass is 524 g/mol. The lowest BCUT2D eigenvalue weighted by molar-refractivity contribution is -0.479. The van der Waals surface area contributed by atoms with Crippen molar-refractivity contribution < 1.29 is 9.66 Å². The second-order valence-corrected chi connectivity index (χ2v) is 9.39. The second-order valence-electron chi connectivity index (χ2n) is 7.31. The van der Waals surface area contributed by atoms with Crippen LogP contribution in [0.3, 0.4) is 0 Å². The van der Waals surface area contributed by atoms with Gasteiger partial charge in [-0.3, -0.25) is 14.7 Å². The molecule has 0 saturated carbocycles. The SMILES string of the molecule is Cc1nnc(S[C@H](C[N+](=O)[O-])c2ccc(OCc3ccc(Br)cc3)cc2)n1-c1ccccc1. The van der Waals surface area contributed by atoms with E-state index in [1.54, 1.807) is 0 Å². The number of halogens is 1. The molecule has 0 spiro atoms. The Kier molecular flexibility index (Phi) is 7.41. The number of rotatable bonds is 9. The third kappa shape index (κ3) is 6.00. The van der Waals surface area contributed by atoms with Gasteiger partial charge in [0.1, 0.15) is 23.4 Å². The fourth-order valence-corrected chi connectivity index (χ4v) is 4.73. The maximum Gasteiger partial charge on any atom is 0.220 e. The summed E-state index contributed by atoms with van der Waals surface area (Å²) < 4.78 is 8.79. The molecule has 1 aromatic heterocycles. The highest BCUT2D eigenvalue weighted by atomic mass is 79.9. The highest BCUT2D eigenvalue weighted by Crippen LogP contribution is 2.36. The van der Waals surface area contributed by atoms with E-state index in [1.165, 1.54) is 11.8 Å². The number of nitro groups is 1. The molecule has 0 radical (unpaired) electrons. The summed E-state index contributed by atoms with van der Waals surface area (Å²) in [5.74, 6) is 1.43. The summed E-state index contributed by atoms with van der Waals surface area (Å²) >= 11 is 4.75. The number of benzene rings is 3. The Balaban J connectivity index is 1.51. The van der Waals surface area contributed by atoms with E-state index in [0.717, 1.165) is 27.1 Å². The third-order valence-corrected chi connectivity index (χ3v) is 6.65. The molecule has 0 amide bonds. The van der Waals surface area contributed by atoms with Crippen LogP contribution in [0.4, 0.5) is 0 Å². The molecular weight excluding hydrogens is 504 g/mol. The maximum atomic E-state index is 11.4. The van der Waals surface area contributed by atoms with Crippen molar-refractivity contribution in [1.29, 1.82) is 0 Å². The lowest BCUT2D eigenvalue weighted by Gasteiger charge is -2.15. The number of aryl methyl sites for hydroxylation is 1. The number of ether oxygens (including phenoxy) is 1. The largest absolute Gasteiger partial charge is 0.489 e. The summed E-state index contributed by atoms with van der Waals surface area (Å²) in [5, 5.41) is 20.1. The summed E-state index contributed by atoms with van der Waals surface area (Å²) in [5.41, 5.74) is 2.80. The van der Waals surface area contributed by atoms with E-state index in [4.69, 9.17) is 4.74 Å². The average Bonchev–Trinajstić information content (AvgIpc) is 3.19. The van der Waals surface area contributed by atoms with Gasteiger partial charge in [-0.15, -0.1) is 10.2 Å². The van der Waals surface area contributed by atoms with Crippen LogP contribution < -0.4 is 4.74 Å². The Morgan fingerprint density at radius 3 is 2.39 bits per heavy atom. The van der Waals surface area contributed by atoms with Crippen LogP contribution in [0.5, 0.6) is 5.75 Å². The number of nitrogens with zero attached hydrogens (tertiary/aromatic N) is 4. The van der Waals surface area contributed by atoms with Gasteiger partial charge >= 0.3 is 0 Å². The first kappa shape index (κ1) is 23.0. The van der Waals surface area contributed by atoms with E-state index < -0.39 is 5.25 Å². The van der Waals surface area contributed by atoms with Crippen molar-refractivity contribution in [2.75, 3.05) is 6.54 Å². The molecule has 33 heavy (non-hydrogen) atoms. The van der Waals surface area contributed by atoms with Gasteiger partial charge in [0.2, 0.25) is 6.54 Å². The molecule has 0 unspecified atom stereocenters. The summed E-state index contributed by atoms with van der Waals surface area (Å²) in [6, 6.07) is 25.1. The Hall–Kier alpha value is -3.17. The van der Waals surface area contributed by atoms with E-state index in [0.29, 0.717) is 17.5 Å². The molecular formula is C24H21BrN4O3S. The van der Waals surface area contributed by atoms with Crippen molar-refractivity contribution in [3.63, 3.8) is 0 Å². The number of thioether (sulfide) groups is 1. The van der Waals surface area contributed by atoms with Gasteiger partial charge < -0.3 is 4.74 Å². The Labute approximate surface area is 204 Å². The van der Waals surface area contributed by atoms with E-state index in [1.807, 2.05) is 90.4 Å². The van der Waals surface area contributed by atoms with Gasteiger partial charge in [-0.25, -0.2) is 0 Å². The highest BCUT2D eigenvalue weighted by Gasteiger charge is 2.23. The molecule has 0 aliphatic heterocycles. The van der Waals surface area contributed by atoms with Crippen molar-refractivity contribution in [3.05, 3.63) is 110 Å². The summed E-state index contributed by atoms with van der Waals surface area (Å²) in [4.78, 5) is 11.1. The number of para-hydroxylation sites is 1. The summed E-state index contributed by atoms with van der Waals surface area (Å²) in [6.45, 7) is 2.08. The fraction of sp³-hybridized carbons (Fsp3) is 0.167. The van der Waals surface area contributed by atoms with Gasteiger partial charge in [-0.05, 0) is 54.4 Å². The molecule has 7 nitrogen and oxygen atoms in total. The zero-order chi connectivity index (χ0) is 23.2. The minimum atomic E-state index is -0.424. The van der Waals surface area contributed by atoms with Crippen molar-refractivity contribution in [2.24, 2.45) is 0 Å². The molecule has 0 aliphatic carbocycles. The van der Waals surface area contributed by atoms with E-state index in [2.05, 4.69) is 26.1 Å². The van der Waals surface area contributed by atoms with Gasteiger partial charge in [0.05, 0.1) is 0 Å². The van der Waals surface area contributed by atoms with E-state index in [-0.39, 0.29) is 11.5 Å². The molecule has 0 aliphatic rings. The first-order valence-electron chi connectivity index (χ1n) is 10.2. The molecule has 4 aromatic rings. The first-order valence-corrected chi connectivity index (χ1v) is 11.9.